The molecule has 7 nitrogen and oxygen atoms in total. The van der Waals surface area contributed by atoms with E-state index in [2.05, 4.69) is 45.0 Å². The van der Waals surface area contributed by atoms with Crippen molar-refractivity contribution in [3.63, 3.8) is 0 Å². The van der Waals surface area contributed by atoms with Crippen LogP contribution in [0, 0.1) is 18.3 Å². The van der Waals surface area contributed by atoms with E-state index in [1.807, 2.05) is 60.0 Å². The van der Waals surface area contributed by atoms with Crippen LogP contribution in [-0.4, -0.2) is 24.8 Å². The van der Waals surface area contributed by atoms with Gasteiger partial charge in [-0.3, -0.25) is 4.68 Å². The van der Waals surface area contributed by atoms with Crippen LogP contribution in [0.4, 0.5) is 5.69 Å². The molecule has 0 amide bonds. The van der Waals surface area contributed by atoms with Gasteiger partial charge in [-0.05, 0) is 48.2 Å². The summed E-state index contributed by atoms with van der Waals surface area (Å²) >= 11 is 0. The number of hydrogen-bond acceptors (Lipinski definition) is 5. The van der Waals surface area contributed by atoms with Crippen LogP contribution >= 0.6 is 0 Å². The Bertz CT molecular complexity index is 1270. The van der Waals surface area contributed by atoms with Gasteiger partial charge in [0.1, 0.15) is 0 Å². The number of fused-ring (bicyclic) bond motifs is 3. The Labute approximate surface area is 180 Å². The zero-order valence-electron chi connectivity index (χ0n) is 17.6. The Morgan fingerprint density at radius 3 is 2.74 bits per heavy atom. The highest BCUT2D eigenvalue weighted by Crippen LogP contribution is 2.39. The quantitative estimate of drug-likeness (QED) is 0.544. The Hall–Kier alpha value is -3.92. The van der Waals surface area contributed by atoms with E-state index < -0.39 is 0 Å². The van der Waals surface area contributed by atoms with E-state index in [4.69, 9.17) is 5.26 Å². The molecule has 154 valence electrons. The van der Waals surface area contributed by atoms with E-state index >= 15 is 0 Å². The lowest BCUT2D eigenvalue weighted by Gasteiger charge is -2.21. The molecule has 0 bridgehead atoms. The molecule has 0 saturated carbocycles. The number of nitrogens with one attached hydrogen (secondary N) is 1. The summed E-state index contributed by atoms with van der Waals surface area (Å²) in [5.41, 5.74) is 8.71. The monoisotopic (exact) mass is 409 g/mol. The molecule has 1 atom stereocenters. The molecule has 0 spiro atoms. The fourth-order valence-corrected chi connectivity index (χ4v) is 4.28. The number of rotatable bonds is 4. The molecular weight excluding hydrogens is 386 g/mol. The third-order valence-electron chi connectivity index (χ3n) is 5.83. The van der Waals surface area contributed by atoms with Gasteiger partial charge < -0.3 is 5.32 Å². The first-order chi connectivity index (χ1) is 15.1. The number of anilines is 1. The van der Waals surface area contributed by atoms with Gasteiger partial charge in [0.15, 0.2) is 0 Å². The maximum Gasteiger partial charge on any atom is 0.0918 e. The normalized spacial score (nSPS) is 14.9. The Morgan fingerprint density at radius 1 is 1.16 bits per heavy atom. The van der Waals surface area contributed by atoms with Crippen LogP contribution in [0.2, 0.25) is 0 Å². The van der Waals surface area contributed by atoms with Gasteiger partial charge in [-0.15, -0.1) is 5.10 Å². The third-order valence-corrected chi connectivity index (χ3v) is 5.83. The first-order valence-electron chi connectivity index (χ1n) is 10.4. The maximum atomic E-state index is 8.91. The summed E-state index contributed by atoms with van der Waals surface area (Å²) in [6, 6.07) is 17.0. The highest BCUT2D eigenvalue weighted by molar-refractivity contribution is 5.74. The Balaban J connectivity index is 1.57. The molecule has 2 aromatic heterocycles. The molecule has 3 heterocycles. The van der Waals surface area contributed by atoms with Crippen LogP contribution < -0.4 is 5.32 Å². The molecule has 0 radical (unpaired) electrons. The van der Waals surface area contributed by atoms with Crippen molar-refractivity contribution in [2.75, 3.05) is 5.32 Å². The first-order valence-corrected chi connectivity index (χ1v) is 10.4. The Morgan fingerprint density at radius 2 is 2.00 bits per heavy atom. The molecule has 1 unspecified atom stereocenters. The summed E-state index contributed by atoms with van der Waals surface area (Å²) in [7, 11) is 1.93. The van der Waals surface area contributed by atoms with Crippen LogP contribution in [-0.2, 0) is 20.0 Å². The zero-order valence-corrected chi connectivity index (χ0v) is 17.6. The molecule has 2 aromatic carbocycles. The van der Waals surface area contributed by atoms with Crippen molar-refractivity contribution >= 4 is 5.69 Å². The second-order valence-corrected chi connectivity index (χ2v) is 7.97. The summed E-state index contributed by atoms with van der Waals surface area (Å²) in [6.07, 6.45) is 5.24. The lowest BCUT2D eigenvalue weighted by molar-refractivity contribution is 0.539. The summed E-state index contributed by atoms with van der Waals surface area (Å²) in [5.74, 6) is 0. The molecule has 7 heteroatoms. The molecule has 1 aliphatic heterocycles. The number of benzene rings is 2. The molecule has 1 N–H and O–H groups in total. The SMILES string of the molecule is Cc1nnn2c1-c1ccc(-c3cnn(C)c3)cc1C(Nc1ccc(CC#N)cc1)CC2. The fraction of sp³-hybridized carbons (Fsp3) is 0.250. The van der Waals surface area contributed by atoms with Crippen molar-refractivity contribution in [3.05, 3.63) is 71.7 Å². The van der Waals surface area contributed by atoms with Gasteiger partial charge in [-0.1, -0.05) is 29.5 Å². The average Bonchev–Trinajstić information content (AvgIpc) is 3.33. The van der Waals surface area contributed by atoms with E-state index in [9.17, 15) is 0 Å². The number of nitriles is 1. The van der Waals surface area contributed by atoms with Crippen LogP contribution in [0.25, 0.3) is 22.4 Å². The van der Waals surface area contributed by atoms with Gasteiger partial charge >= 0.3 is 0 Å². The van der Waals surface area contributed by atoms with Crippen LogP contribution in [0.1, 0.15) is 29.3 Å². The zero-order chi connectivity index (χ0) is 21.4. The molecule has 0 saturated heterocycles. The average molecular weight is 409 g/mol. The molecule has 1 aliphatic rings. The molecule has 0 fully saturated rings. The standard InChI is InChI=1S/C24H23N7/c1-16-24-21-8-5-18(19-14-26-30(2)15-19)13-22(21)23(10-12-31(24)29-28-16)27-20-6-3-17(4-7-20)9-11-25/h3-8,13-15,23,27H,9-10,12H2,1-2H3. The van der Waals surface area contributed by atoms with Gasteiger partial charge in [0.25, 0.3) is 0 Å². The van der Waals surface area contributed by atoms with Crippen molar-refractivity contribution in [1.82, 2.24) is 24.8 Å². The van der Waals surface area contributed by atoms with Gasteiger partial charge in [0, 0.05) is 36.6 Å². The van der Waals surface area contributed by atoms with E-state index in [1.165, 1.54) is 5.56 Å². The molecule has 5 rings (SSSR count). The second kappa shape index (κ2) is 7.73. The molecule has 31 heavy (non-hydrogen) atoms. The van der Waals surface area contributed by atoms with E-state index in [-0.39, 0.29) is 6.04 Å². The number of aryl methyl sites for hydroxylation is 3. The van der Waals surface area contributed by atoms with E-state index in [0.29, 0.717) is 6.42 Å². The van der Waals surface area contributed by atoms with Gasteiger partial charge in [-0.2, -0.15) is 10.4 Å². The van der Waals surface area contributed by atoms with E-state index in [1.54, 1.807) is 0 Å². The van der Waals surface area contributed by atoms with Crippen LogP contribution in [0.3, 0.4) is 0 Å². The van der Waals surface area contributed by atoms with Crippen LogP contribution in [0.5, 0.6) is 0 Å². The predicted molar refractivity (Wildman–Crippen MR) is 119 cm³/mol. The lowest BCUT2D eigenvalue weighted by atomic mass is 9.93. The van der Waals surface area contributed by atoms with Crippen molar-refractivity contribution < 1.29 is 0 Å². The summed E-state index contributed by atoms with van der Waals surface area (Å²) in [5, 5.41) is 25.6. The summed E-state index contributed by atoms with van der Waals surface area (Å²) in [4.78, 5) is 0. The minimum Gasteiger partial charge on any atom is -0.378 e. The smallest absolute Gasteiger partial charge is 0.0918 e. The number of nitrogens with zero attached hydrogens (tertiary/aromatic N) is 6. The van der Waals surface area contributed by atoms with Crippen molar-refractivity contribution in [1.29, 1.82) is 5.26 Å². The van der Waals surface area contributed by atoms with Crippen LogP contribution in [0.15, 0.2) is 54.9 Å². The molecular formula is C24H23N7. The molecule has 0 aliphatic carbocycles. The van der Waals surface area contributed by atoms with Crippen molar-refractivity contribution in [3.8, 4) is 28.5 Å². The van der Waals surface area contributed by atoms with E-state index in [0.717, 1.165) is 52.3 Å². The predicted octanol–water partition coefficient (Wildman–Crippen LogP) is 4.28. The number of hydrogen-bond donors (Lipinski definition) is 1. The summed E-state index contributed by atoms with van der Waals surface area (Å²) in [6.45, 7) is 2.80. The highest BCUT2D eigenvalue weighted by atomic mass is 15.4. The number of aromatic nitrogens is 5. The van der Waals surface area contributed by atoms with Crippen molar-refractivity contribution in [2.24, 2.45) is 7.05 Å². The Kier molecular flexibility index (Phi) is 4.75. The first kappa shape index (κ1) is 19.1. The van der Waals surface area contributed by atoms with Gasteiger partial charge in [0.05, 0.1) is 36.1 Å². The van der Waals surface area contributed by atoms with Gasteiger partial charge in [0.2, 0.25) is 0 Å². The summed E-state index contributed by atoms with van der Waals surface area (Å²) < 4.78 is 3.83. The third kappa shape index (κ3) is 3.57. The largest absolute Gasteiger partial charge is 0.378 e. The fourth-order valence-electron chi connectivity index (χ4n) is 4.28. The van der Waals surface area contributed by atoms with Crippen molar-refractivity contribution in [2.45, 2.75) is 32.4 Å². The maximum absolute atomic E-state index is 8.91. The van der Waals surface area contributed by atoms with Gasteiger partial charge in [-0.25, -0.2) is 4.68 Å². The lowest BCUT2D eigenvalue weighted by Crippen LogP contribution is -2.12. The highest BCUT2D eigenvalue weighted by Gasteiger charge is 2.25. The second-order valence-electron chi connectivity index (χ2n) is 7.97. The minimum absolute atomic E-state index is 0.120. The topological polar surface area (TPSA) is 84.3 Å². The molecule has 4 aromatic rings. The minimum atomic E-state index is 0.120.